The molecule has 102 heavy (non-hydrogen) atoms. The van der Waals surface area contributed by atoms with E-state index in [-0.39, 0.29) is 32.0 Å². The molecule has 0 amide bonds. The molecule has 0 fully saturated rings. The van der Waals surface area contributed by atoms with Gasteiger partial charge in [-0.2, -0.15) is 0 Å². The van der Waals surface area contributed by atoms with E-state index < -0.39 is 26.5 Å². The van der Waals surface area contributed by atoms with Crippen LogP contribution in [0.5, 0.6) is 0 Å². The predicted molar refractivity (Wildman–Crippen MR) is 444 cm³/mol. The van der Waals surface area contributed by atoms with Gasteiger partial charge < -0.3 is 27.9 Å². The second-order valence-electron chi connectivity index (χ2n) is 32.7. The molecule has 0 rings (SSSR count). The molecule has 0 aliphatic carbocycles. The third-order valence-corrected chi connectivity index (χ3v) is 22.1. The van der Waals surface area contributed by atoms with Gasteiger partial charge in [0.2, 0.25) is 0 Å². The van der Waals surface area contributed by atoms with E-state index in [2.05, 4.69) is 50.3 Å². The monoisotopic (exact) mass is 1460 g/mol. The van der Waals surface area contributed by atoms with Gasteiger partial charge in [0.1, 0.15) is 19.8 Å². The molecule has 604 valence electrons. The minimum absolute atomic E-state index is 0.0264. The summed E-state index contributed by atoms with van der Waals surface area (Å²) in [5, 5.41) is 0. The number of hydrogen-bond donors (Lipinski definition) is 0. The van der Waals surface area contributed by atoms with Crippen LogP contribution in [0.15, 0.2) is 36.5 Å². The molecular formula is C92H178NO8P. The van der Waals surface area contributed by atoms with E-state index >= 15 is 0 Å². The Kier molecular flexibility index (Phi) is 81.8. The first-order valence-electron chi connectivity index (χ1n) is 45.7. The number of esters is 2. The number of unbranched alkanes of at least 4 members (excludes halogenated alkanes) is 67. The van der Waals surface area contributed by atoms with Crippen LogP contribution in [0.2, 0.25) is 0 Å². The number of likely N-dealkylation sites (N-methyl/N-ethyl adjacent to an activating group) is 1. The summed E-state index contributed by atoms with van der Waals surface area (Å²) < 4.78 is 34.5. The van der Waals surface area contributed by atoms with E-state index in [1.807, 2.05) is 21.1 Å². The average molecular weight is 1460 g/mol. The van der Waals surface area contributed by atoms with Gasteiger partial charge in [-0.05, 0) is 70.6 Å². The Hall–Kier alpha value is -1.77. The van der Waals surface area contributed by atoms with Crippen LogP contribution in [0.3, 0.4) is 0 Å². The standard InChI is InChI=1S/C92H178NO8P/c1-6-8-10-12-14-16-18-20-22-24-26-28-30-32-34-36-38-40-42-44-46-48-50-52-54-56-58-60-62-64-66-68-70-72-74-76-78-80-82-84-91(94)98-88-90(89-100-102(96,97)99-87-86-93(3,4)5)101-92(95)85-83-81-79-77-75-73-71-69-67-65-63-61-59-57-55-53-51-49-47-45-43-41-39-37-35-33-31-29-27-25-23-21-19-17-15-13-11-9-7-2/h19,21,24-27,90H,6-18,20,22-23,28-89H2,1-5H3/b21-19-,26-24-,27-25-. The Morgan fingerprint density at radius 2 is 0.529 bits per heavy atom. The first kappa shape index (κ1) is 100. The summed E-state index contributed by atoms with van der Waals surface area (Å²) in [6, 6.07) is 0. The zero-order chi connectivity index (χ0) is 74.0. The molecule has 0 heterocycles. The van der Waals surface area contributed by atoms with Gasteiger partial charge in [-0.15, -0.1) is 0 Å². The van der Waals surface area contributed by atoms with Crippen LogP contribution < -0.4 is 4.89 Å². The molecule has 2 unspecified atom stereocenters. The van der Waals surface area contributed by atoms with Gasteiger partial charge in [0.05, 0.1) is 27.7 Å². The highest BCUT2D eigenvalue weighted by atomic mass is 31.2. The summed E-state index contributed by atoms with van der Waals surface area (Å²) in [7, 11) is 1.20. The first-order valence-corrected chi connectivity index (χ1v) is 47.2. The number of hydrogen-bond acceptors (Lipinski definition) is 8. The summed E-state index contributed by atoms with van der Waals surface area (Å²) in [6.45, 7) is 4.32. The first-order chi connectivity index (χ1) is 50.0. The lowest BCUT2D eigenvalue weighted by Gasteiger charge is -2.28. The zero-order valence-electron chi connectivity index (χ0n) is 69.4. The van der Waals surface area contributed by atoms with E-state index in [4.69, 9.17) is 18.5 Å². The zero-order valence-corrected chi connectivity index (χ0v) is 70.3. The molecule has 0 spiro atoms. The highest BCUT2D eigenvalue weighted by Gasteiger charge is 2.22. The minimum Gasteiger partial charge on any atom is -0.756 e. The summed E-state index contributed by atoms with van der Waals surface area (Å²) in [6.07, 6.45) is 110. The maximum Gasteiger partial charge on any atom is 0.306 e. The van der Waals surface area contributed by atoms with Crippen molar-refractivity contribution in [2.75, 3.05) is 47.5 Å². The van der Waals surface area contributed by atoms with Gasteiger partial charge in [0.25, 0.3) is 7.82 Å². The number of quaternary nitrogens is 1. The maximum absolute atomic E-state index is 12.9. The smallest absolute Gasteiger partial charge is 0.306 e. The van der Waals surface area contributed by atoms with E-state index in [1.165, 1.54) is 417 Å². The molecule has 9 nitrogen and oxygen atoms in total. The van der Waals surface area contributed by atoms with Gasteiger partial charge in [0.15, 0.2) is 6.10 Å². The number of phosphoric ester groups is 1. The lowest BCUT2D eigenvalue weighted by Crippen LogP contribution is -2.37. The number of phosphoric acid groups is 1. The summed E-state index contributed by atoms with van der Waals surface area (Å²) in [5.74, 6) is -0.802. The summed E-state index contributed by atoms with van der Waals surface area (Å²) in [5.41, 5.74) is 0. The lowest BCUT2D eigenvalue weighted by molar-refractivity contribution is -0.870. The Labute approximate surface area is 637 Å². The number of carbonyl (C=O) groups excluding carboxylic acids is 2. The topological polar surface area (TPSA) is 111 Å². The molecule has 0 aromatic carbocycles. The molecule has 0 bridgehead atoms. The number of allylic oxidation sites excluding steroid dienone is 6. The molecule has 0 saturated carbocycles. The molecule has 0 saturated heterocycles. The summed E-state index contributed by atoms with van der Waals surface area (Å²) >= 11 is 0. The molecule has 0 aromatic rings. The molecule has 10 heteroatoms. The maximum atomic E-state index is 12.9. The number of nitrogens with zero attached hydrogens (tertiary/aromatic N) is 1. The van der Waals surface area contributed by atoms with Crippen LogP contribution in [0.25, 0.3) is 0 Å². The second-order valence-corrected chi connectivity index (χ2v) is 34.1. The van der Waals surface area contributed by atoms with Crippen molar-refractivity contribution in [3.63, 3.8) is 0 Å². The van der Waals surface area contributed by atoms with Crippen molar-refractivity contribution < 1.29 is 42.1 Å². The van der Waals surface area contributed by atoms with Crippen LogP contribution in [0.4, 0.5) is 0 Å². The predicted octanol–water partition coefficient (Wildman–Crippen LogP) is 30.2. The van der Waals surface area contributed by atoms with Gasteiger partial charge in [-0.1, -0.05) is 442 Å². The van der Waals surface area contributed by atoms with Crippen LogP contribution >= 0.6 is 7.82 Å². The molecule has 0 N–H and O–H groups in total. The van der Waals surface area contributed by atoms with Crippen molar-refractivity contribution in [3.8, 4) is 0 Å². The molecule has 0 aliphatic rings. The lowest BCUT2D eigenvalue weighted by atomic mass is 10.0. The van der Waals surface area contributed by atoms with Crippen LogP contribution in [0.1, 0.15) is 489 Å². The molecular weight excluding hydrogens is 1280 g/mol. The largest absolute Gasteiger partial charge is 0.756 e. The fraction of sp³-hybridized carbons (Fsp3) is 0.913. The van der Waals surface area contributed by atoms with Gasteiger partial charge in [0, 0.05) is 12.8 Å². The third-order valence-electron chi connectivity index (χ3n) is 21.1. The van der Waals surface area contributed by atoms with E-state index in [0.29, 0.717) is 17.4 Å². The Bertz CT molecular complexity index is 1810. The Morgan fingerprint density at radius 3 is 0.784 bits per heavy atom. The molecule has 2 atom stereocenters. The molecule has 0 radical (unpaired) electrons. The van der Waals surface area contributed by atoms with Crippen molar-refractivity contribution in [2.45, 2.75) is 495 Å². The molecule has 0 aliphatic heterocycles. The van der Waals surface area contributed by atoms with Crippen molar-refractivity contribution in [1.29, 1.82) is 0 Å². The van der Waals surface area contributed by atoms with Crippen LogP contribution in [0, 0.1) is 0 Å². The number of ether oxygens (including phenoxy) is 2. The average Bonchev–Trinajstić information content (AvgIpc) is 0.914. The SMILES string of the molecule is CCCCCCC/C=C\C/C=C\CCCCCCCCCCCCCCCCCCCCCCCCCCCCCC(=O)OC(COC(=O)CCCCCCCCCCCCCCCCCCCCCCCCCCCCC/C=C\CCCCCCCCCC)COP(=O)([O-])OCC[N+](C)(C)C. The normalized spacial score (nSPS) is 13.0. The van der Waals surface area contributed by atoms with Crippen molar-refractivity contribution >= 4 is 19.8 Å². The van der Waals surface area contributed by atoms with Crippen molar-refractivity contribution in [2.24, 2.45) is 0 Å². The van der Waals surface area contributed by atoms with E-state index in [1.54, 1.807) is 0 Å². The van der Waals surface area contributed by atoms with Crippen molar-refractivity contribution in [1.82, 2.24) is 0 Å². The van der Waals surface area contributed by atoms with Crippen LogP contribution in [-0.4, -0.2) is 70.0 Å². The van der Waals surface area contributed by atoms with Gasteiger partial charge in [-0.3, -0.25) is 14.2 Å². The Morgan fingerprint density at radius 1 is 0.304 bits per heavy atom. The minimum atomic E-state index is -4.64. The summed E-state index contributed by atoms with van der Waals surface area (Å²) in [4.78, 5) is 38.3. The van der Waals surface area contributed by atoms with Gasteiger partial charge in [-0.25, -0.2) is 0 Å². The Balaban J connectivity index is 3.82. The number of rotatable bonds is 87. The van der Waals surface area contributed by atoms with E-state index in [0.717, 1.165) is 38.5 Å². The fourth-order valence-electron chi connectivity index (χ4n) is 14.2. The molecule has 0 aromatic heterocycles. The highest BCUT2D eigenvalue weighted by molar-refractivity contribution is 7.45. The third kappa shape index (κ3) is 87.1. The quantitative estimate of drug-likeness (QED) is 0.0195. The fourth-order valence-corrected chi connectivity index (χ4v) is 14.9. The van der Waals surface area contributed by atoms with Crippen LogP contribution in [-0.2, 0) is 32.7 Å². The van der Waals surface area contributed by atoms with Gasteiger partial charge >= 0.3 is 11.9 Å². The van der Waals surface area contributed by atoms with E-state index in [9.17, 15) is 19.0 Å². The van der Waals surface area contributed by atoms with Crippen molar-refractivity contribution in [3.05, 3.63) is 36.5 Å². The second kappa shape index (κ2) is 83.3. The number of carbonyl (C=O) groups is 2. The highest BCUT2D eigenvalue weighted by Crippen LogP contribution is 2.38.